The molecular weight excluding hydrogens is 284 g/mol. The summed E-state index contributed by atoms with van der Waals surface area (Å²) in [4.78, 5) is 6.62. The molecule has 0 saturated heterocycles. The average Bonchev–Trinajstić information content (AvgIpc) is 2.62. The smallest absolute Gasteiger partial charge is 0.135 e. The number of nitrogens with zero attached hydrogens (tertiary/aromatic N) is 2. The van der Waals surface area contributed by atoms with Crippen LogP contribution in [0.2, 0.25) is 0 Å². The van der Waals surface area contributed by atoms with Crippen molar-refractivity contribution in [3.05, 3.63) is 89.6 Å². The third kappa shape index (κ3) is 3.25. The molecule has 0 aliphatic carbocycles. The molecule has 3 heteroatoms. The lowest BCUT2D eigenvalue weighted by molar-refractivity contribution is 0.220. The third-order valence-electron chi connectivity index (χ3n) is 3.96. The van der Waals surface area contributed by atoms with Crippen molar-refractivity contribution in [2.24, 2.45) is 0 Å². The quantitative estimate of drug-likeness (QED) is 0.783. The van der Waals surface area contributed by atoms with E-state index in [0.29, 0.717) is 0 Å². The van der Waals surface area contributed by atoms with Crippen LogP contribution in [0.15, 0.2) is 72.9 Å². The minimum absolute atomic E-state index is 0.654. The van der Waals surface area contributed by atoms with E-state index in [4.69, 9.17) is 0 Å². The van der Waals surface area contributed by atoms with Gasteiger partial charge in [0.2, 0.25) is 0 Å². The second-order valence-electron chi connectivity index (χ2n) is 5.62. The molecule has 0 fully saturated rings. The Morgan fingerprint density at radius 1 is 0.913 bits per heavy atom. The largest absolute Gasteiger partial charge is 0.384 e. The molecule has 0 saturated carbocycles. The Morgan fingerprint density at radius 3 is 2.13 bits per heavy atom. The summed E-state index contributed by atoms with van der Waals surface area (Å²) >= 11 is 0. The lowest BCUT2D eigenvalue weighted by Crippen LogP contribution is -2.13. The number of aliphatic hydroxyl groups excluding tert-OH is 1. The number of aryl methyl sites for hydroxylation is 1. The molecular formula is C20H20N2O. The highest BCUT2D eigenvalue weighted by Gasteiger charge is 2.14. The Hall–Kier alpha value is -2.65. The van der Waals surface area contributed by atoms with Gasteiger partial charge in [0.15, 0.2) is 0 Å². The van der Waals surface area contributed by atoms with Crippen molar-refractivity contribution in [1.29, 1.82) is 0 Å². The fourth-order valence-electron chi connectivity index (χ4n) is 2.69. The number of aliphatic hydroxyl groups is 1. The fraction of sp³-hybridized carbons (Fsp3) is 0.150. The Balaban J connectivity index is 1.89. The van der Waals surface area contributed by atoms with Crippen molar-refractivity contribution in [3.8, 4) is 0 Å². The van der Waals surface area contributed by atoms with Gasteiger partial charge in [-0.3, -0.25) is 0 Å². The molecule has 2 aromatic carbocycles. The van der Waals surface area contributed by atoms with E-state index >= 15 is 0 Å². The molecule has 0 amide bonds. The number of anilines is 2. The van der Waals surface area contributed by atoms with Crippen molar-refractivity contribution in [2.75, 3.05) is 11.9 Å². The van der Waals surface area contributed by atoms with Gasteiger partial charge >= 0.3 is 0 Å². The van der Waals surface area contributed by atoms with Crippen LogP contribution < -0.4 is 4.90 Å². The summed E-state index contributed by atoms with van der Waals surface area (Å²) in [6.07, 6.45) is 1.10. The minimum Gasteiger partial charge on any atom is -0.384 e. The summed E-state index contributed by atoms with van der Waals surface area (Å²) in [5, 5.41) is 10.5. The van der Waals surface area contributed by atoms with Gasteiger partial charge in [0, 0.05) is 24.5 Å². The van der Waals surface area contributed by atoms with Crippen LogP contribution in [0.25, 0.3) is 0 Å². The minimum atomic E-state index is -0.654. The number of para-hydroxylation sites is 1. The number of hydrogen-bond donors (Lipinski definition) is 1. The summed E-state index contributed by atoms with van der Waals surface area (Å²) in [5.41, 5.74) is 3.79. The molecule has 0 aliphatic heterocycles. The molecule has 1 heterocycles. The molecule has 0 unspecified atom stereocenters. The van der Waals surface area contributed by atoms with E-state index in [1.54, 1.807) is 6.20 Å². The van der Waals surface area contributed by atoms with Gasteiger partial charge in [-0.1, -0.05) is 48.5 Å². The first-order valence-corrected chi connectivity index (χ1v) is 7.65. The average molecular weight is 304 g/mol. The van der Waals surface area contributed by atoms with Gasteiger partial charge in [0.1, 0.15) is 11.9 Å². The fourth-order valence-corrected chi connectivity index (χ4v) is 2.69. The van der Waals surface area contributed by atoms with Crippen molar-refractivity contribution in [3.63, 3.8) is 0 Å². The Bertz CT molecular complexity index is 772. The molecule has 1 N–H and O–H groups in total. The molecule has 0 radical (unpaired) electrons. The van der Waals surface area contributed by atoms with Gasteiger partial charge in [-0.25, -0.2) is 4.98 Å². The van der Waals surface area contributed by atoms with Crippen LogP contribution in [0.4, 0.5) is 11.5 Å². The second kappa shape index (κ2) is 6.63. The first kappa shape index (κ1) is 15.3. The number of benzene rings is 2. The monoisotopic (exact) mass is 304 g/mol. The van der Waals surface area contributed by atoms with Gasteiger partial charge < -0.3 is 10.0 Å². The predicted octanol–water partition coefficient (Wildman–Crippen LogP) is 4.24. The first-order valence-electron chi connectivity index (χ1n) is 7.65. The normalized spacial score (nSPS) is 12.0. The topological polar surface area (TPSA) is 36.4 Å². The third-order valence-corrected chi connectivity index (χ3v) is 3.96. The number of aromatic nitrogens is 1. The number of pyridine rings is 1. The van der Waals surface area contributed by atoms with Crippen LogP contribution >= 0.6 is 0 Å². The van der Waals surface area contributed by atoms with Crippen molar-refractivity contribution >= 4 is 11.5 Å². The Morgan fingerprint density at radius 2 is 1.52 bits per heavy atom. The molecule has 1 aromatic heterocycles. The SMILES string of the molecule is Cc1cc([C@@H](O)c2ccccc2)cnc1N(C)c1ccccc1. The standard InChI is InChI=1S/C20H20N2O/c1-15-13-17(19(23)16-9-5-3-6-10-16)14-21-20(15)22(2)18-11-7-4-8-12-18/h3-14,19,23H,1-2H3/t19-/m0/s1. The van der Waals surface area contributed by atoms with Crippen LogP contribution in [-0.4, -0.2) is 17.1 Å². The highest BCUT2D eigenvalue weighted by molar-refractivity contribution is 5.62. The number of rotatable bonds is 4. The highest BCUT2D eigenvalue weighted by atomic mass is 16.3. The van der Waals surface area contributed by atoms with Crippen LogP contribution in [0, 0.1) is 6.92 Å². The van der Waals surface area contributed by atoms with E-state index in [2.05, 4.69) is 4.98 Å². The molecule has 3 rings (SSSR count). The van der Waals surface area contributed by atoms with Crippen molar-refractivity contribution in [2.45, 2.75) is 13.0 Å². The molecule has 3 aromatic rings. The lowest BCUT2D eigenvalue weighted by atomic mass is 10.0. The zero-order valence-electron chi connectivity index (χ0n) is 13.3. The maximum absolute atomic E-state index is 10.5. The highest BCUT2D eigenvalue weighted by Crippen LogP contribution is 2.28. The van der Waals surface area contributed by atoms with E-state index < -0.39 is 6.10 Å². The van der Waals surface area contributed by atoms with Gasteiger partial charge in [0.25, 0.3) is 0 Å². The molecule has 0 aliphatic rings. The lowest BCUT2D eigenvalue weighted by Gasteiger charge is -2.21. The maximum atomic E-state index is 10.5. The van der Waals surface area contributed by atoms with Crippen LogP contribution in [0.1, 0.15) is 22.8 Å². The molecule has 0 spiro atoms. The van der Waals surface area contributed by atoms with Gasteiger partial charge in [0.05, 0.1) is 0 Å². The molecule has 1 atom stereocenters. The van der Waals surface area contributed by atoms with Crippen LogP contribution in [0.3, 0.4) is 0 Å². The Labute approximate surface area is 136 Å². The van der Waals surface area contributed by atoms with E-state index in [9.17, 15) is 5.11 Å². The van der Waals surface area contributed by atoms with E-state index in [-0.39, 0.29) is 0 Å². The maximum Gasteiger partial charge on any atom is 0.135 e. The van der Waals surface area contributed by atoms with E-state index in [1.807, 2.05) is 85.6 Å². The van der Waals surface area contributed by atoms with Gasteiger partial charge in [-0.15, -0.1) is 0 Å². The van der Waals surface area contributed by atoms with E-state index in [1.165, 1.54) is 0 Å². The zero-order valence-corrected chi connectivity index (χ0v) is 13.3. The van der Waals surface area contributed by atoms with Crippen molar-refractivity contribution in [1.82, 2.24) is 4.98 Å². The van der Waals surface area contributed by atoms with Crippen LogP contribution in [-0.2, 0) is 0 Å². The second-order valence-corrected chi connectivity index (χ2v) is 5.62. The first-order chi connectivity index (χ1) is 11.2. The predicted molar refractivity (Wildman–Crippen MR) is 94.0 cm³/mol. The van der Waals surface area contributed by atoms with Crippen molar-refractivity contribution < 1.29 is 5.11 Å². The molecule has 23 heavy (non-hydrogen) atoms. The number of hydrogen-bond acceptors (Lipinski definition) is 3. The molecule has 116 valence electrons. The zero-order chi connectivity index (χ0) is 16.2. The molecule has 0 bridgehead atoms. The summed E-state index contributed by atoms with van der Waals surface area (Å²) in [6.45, 7) is 2.02. The van der Waals surface area contributed by atoms with Gasteiger partial charge in [-0.05, 0) is 36.2 Å². The Kier molecular flexibility index (Phi) is 4.40. The van der Waals surface area contributed by atoms with E-state index in [0.717, 1.165) is 28.2 Å². The summed E-state index contributed by atoms with van der Waals surface area (Å²) in [5.74, 6) is 0.889. The summed E-state index contributed by atoms with van der Waals surface area (Å²) in [7, 11) is 2.00. The molecule has 3 nitrogen and oxygen atoms in total. The van der Waals surface area contributed by atoms with Gasteiger partial charge in [-0.2, -0.15) is 0 Å². The van der Waals surface area contributed by atoms with Crippen LogP contribution in [0.5, 0.6) is 0 Å². The summed E-state index contributed by atoms with van der Waals surface area (Å²) < 4.78 is 0. The summed E-state index contributed by atoms with van der Waals surface area (Å²) in [6, 6.07) is 21.7.